The highest BCUT2D eigenvalue weighted by Crippen LogP contribution is 2.23. The molecule has 21 heavy (non-hydrogen) atoms. The molecule has 2 heterocycles. The highest BCUT2D eigenvalue weighted by molar-refractivity contribution is 5.88. The molecule has 1 aliphatic heterocycles. The maximum Gasteiger partial charge on any atom is 0.196 e. The molecule has 1 aromatic carbocycles. The van der Waals surface area contributed by atoms with E-state index in [0.717, 1.165) is 37.8 Å². The number of anilines is 1. The van der Waals surface area contributed by atoms with Crippen molar-refractivity contribution in [2.45, 2.75) is 0 Å². The van der Waals surface area contributed by atoms with Gasteiger partial charge in [0, 0.05) is 19.2 Å². The molecule has 106 valence electrons. The summed E-state index contributed by atoms with van der Waals surface area (Å²) in [5, 5.41) is 9.31. The van der Waals surface area contributed by atoms with Gasteiger partial charge in [0.2, 0.25) is 0 Å². The van der Waals surface area contributed by atoms with Crippen molar-refractivity contribution >= 4 is 17.5 Å². The highest BCUT2D eigenvalue weighted by Gasteiger charge is 2.14. The van der Waals surface area contributed by atoms with Gasteiger partial charge in [-0.25, -0.2) is 0 Å². The van der Waals surface area contributed by atoms with Gasteiger partial charge < -0.3 is 14.1 Å². The lowest BCUT2D eigenvalue weighted by molar-refractivity contribution is 0.120. The van der Waals surface area contributed by atoms with Crippen LogP contribution in [0.15, 0.2) is 46.9 Å². The first-order valence-corrected chi connectivity index (χ1v) is 6.96. The number of nitriles is 1. The van der Waals surface area contributed by atoms with E-state index in [2.05, 4.69) is 11.0 Å². The molecule has 2 aromatic rings. The zero-order valence-corrected chi connectivity index (χ0v) is 11.7. The topological polar surface area (TPSA) is 49.4 Å². The smallest absolute Gasteiger partial charge is 0.196 e. The van der Waals surface area contributed by atoms with Crippen LogP contribution in [-0.2, 0) is 4.74 Å². The number of rotatable bonds is 3. The molecule has 0 bridgehead atoms. The summed E-state index contributed by atoms with van der Waals surface area (Å²) in [4.78, 5) is 2.15. The fourth-order valence-corrected chi connectivity index (χ4v) is 2.31. The van der Waals surface area contributed by atoms with E-state index in [4.69, 9.17) is 9.15 Å². The van der Waals surface area contributed by atoms with Gasteiger partial charge in [-0.05, 0) is 17.7 Å². The third kappa shape index (κ3) is 3.15. The Hall–Kier alpha value is -2.51. The highest BCUT2D eigenvalue weighted by atomic mass is 16.5. The summed E-state index contributed by atoms with van der Waals surface area (Å²) in [5.41, 5.74) is 1.49. The number of allylic oxidation sites excluding steroid dienone is 1. The third-order valence-corrected chi connectivity index (χ3v) is 3.43. The third-order valence-electron chi connectivity index (χ3n) is 3.43. The first-order valence-electron chi connectivity index (χ1n) is 6.96. The first kappa shape index (κ1) is 13.5. The van der Waals surface area contributed by atoms with E-state index in [1.54, 1.807) is 6.08 Å². The average Bonchev–Trinajstić information content (AvgIpc) is 3.03. The summed E-state index contributed by atoms with van der Waals surface area (Å²) in [6, 6.07) is 15.7. The number of nitrogens with zero attached hydrogens (tertiary/aromatic N) is 2. The molecule has 1 aliphatic rings. The summed E-state index contributed by atoms with van der Waals surface area (Å²) >= 11 is 0. The summed E-state index contributed by atoms with van der Waals surface area (Å²) in [5.74, 6) is 1.52. The van der Waals surface area contributed by atoms with Gasteiger partial charge in [-0.1, -0.05) is 30.3 Å². The van der Waals surface area contributed by atoms with E-state index in [9.17, 15) is 5.26 Å². The molecule has 0 radical (unpaired) electrons. The van der Waals surface area contributed by atoms with Gasteiger partial charge >= 0.3 is 0 Å². The molecule has 0 aliphatic carbocycles. The number of hydrogen-bond donors (Lipinski definition) is 0. The van der Waals surface area contributed by atoms with Crippen LogP contribution in [0.3, 0.4) is 0 Å². The molecule has 3 rings (SSSR count). The Morgan fingerprint density at radius 1 is 1.10 bits per heavy atom. The van der Waals surface area contributed by atoms with Gasteiger partial charge in [-0.3, -0.25) is 0 Å². The van der Waals surface area contributed by atoms with Crippen LogP contribution in [0.2, 0.25) is 0 Å². The fourth-order valence-electron chi connectivity index (χ4n) is 2.31. The second-order valence-corrected chi connectivity index (χ2v) is 4.81. The minimum absolute atomic E-state index is 0.596. The molecule has 4 heteroatoms. The molecule has 1 aromatic heterocycles. The van der Waals surface area contributed by atoms with Crippen LogP contribution >= 0.6 is 0 Å². The van der Waals surface area contributed by atoms with Crippen LogP contribution in [0.1, 0.15) is 11.3 Å². The number of furan rings is 1. The Kier molecular flexibility index (Phi) is 4.04. The lowest BCUT2D eigenvalue weighted by atomic mass is 10.1. The second-order valence-electron chi connectivity index (χ2n) is 4.81. The summed E-state index contributed by atoms with van der Waals surface area (Å²) in [7, 11) is 0. The Morgan fingerprint density at radius 3 is 2.57 bits per heavy atom. The molecule has 4 nitrogen and oxygen atoms in total. The van der Waals surface area contributed by atoms with Crippen LogP contribution < -0.4 is 4.90 Å². The first-order chi connectivity index (χ1) is 10.4. The van der Waals surface area contributed by atoms with Gasteiger partial charge in [0.15, 0.2) is 5.88 Å². The van der Waals surface area contributed by atoms with E-state index in [1.807, 2.05) is 42.5 Å². The van der Waals surface area contributed by atoms with Crippen LogP contribution in [0.4, 0.5) is 5.88 Å². The van der Waals surface area contributed by atoms with Crippen molar-refractivity contribution in [2.24, 2.45) is 0 Å². The zero-order valence-electron chi connectivity index (χ0n) is 11.7. The maximum atomic E-state index is 9.31. The molecule has 1 saturated heterocycles. The Labute approximate surface area is 123 Å². The molecular formula is C17H16N2O2. The fraction of sp³-hybridized carbons (Fsp3) is 0.235. The number of hydrogen-bond acceptors (Lipinski definition) is 4. The summed E-state index contributed by atoms with van der Waals surface area (Å²) < 4.78 is 11.1. The minimum atomic E-state index is 0.596. The van der Waals surface area contributed by atoms with E-state index in [1.165, 1.54) is 0 Å². The molecule has 0 spiro atoms. The van der Waals surface area contributed by atoms with Gasteiger partial charge in [-0.2, -0.15) is 5.26 Å². The van der Waals surface area contributed by atoms with Crippen LogP contribution in [0.25, 0.3) is 11.6 Å². The predicted octanol–water partition coefficient (Wildman–Crippen LogP) is 3.18. The molecule has 0 unspecified atom stereocenters. The lowest BCUT2D eigenvalue weighted by Gasteiger charge is -2.26. The molecule has 0 amide bonds. The lowest BCUT2D eigenvalue weighted by Crippen LogP contribution is -2.35. The normalized spacial score (nSPS) is 15.8. The standard InChI is InChI=1S/C17H16N2O2/c18-13-15(14-4-2-1-3-5-14)12-16-6-7-17(21-16)19-8-10-20-11-9-19/h1-7,12H,8-11H2/b15-12+. The van der Waals surface area contributed by atoms with Crippen LogP contribution in [0, 0.1) is 11.3 Å². The monoisotopic (exact) mass is 280 g/mol. The molecular weight excluding hydrogens is 264 g/mol. The molecule has 1 fully saturated rings. The Morgan fingerprint density at radius 2 is 1.86 bits per heavy atom. The van der Waals surface area contributed by atoms with E-state index in [-0.39, 0.29) is 0 Å². The van der Waals surface area contributed by atoms with Crippen molar-refractivity contribution in [3.8, 4) is 6.07 Å². The summed E-state index contributed by atoms with van der Waals surface area (Å²) in [6.07, 6.45) is 1.78. The molecule has 0 atom stereocenters. The quantitative estimate of drug-likeness (QED) is 0.810. The predicted molar refractivity (Wildman–Crippen MR) is 81.7 cm³/mol. The SMILES string of the molecule is N#C/C(=C\c1ccc(N2CCOCC2)o1)c1ccccc1. The van der Waals surface area contributed by atoms with Gasteiger partial charge in [0.05, 0.1) is 24.9 Å². The number of ether oxygens (including phenoxy) is 1. The van der Waals surface area contributed by atoms with E-state index in [0.29, 0.717) is 11.3 Å². The van der Waals surface area contributed by atoms with Gasteiger partial charge in [0.1, 0.15) is 5.76 Å². The summed E-state index contributed by atoms with van der Waals surface area (Å²) in [6.45, 7) is 3.11. The van der Waals surface area contributed by atoms with Crippen molar-refractivity contribution in [1.29, 1.82) is 5.26 Å². The largest absolute Gasteiger partial charge is 0.441 e. The molecule has 0 saturated carbocycles. The van der Waals surface area contributed by atoms with E-state index < -0.39 is 0 Å². The van der Waals surface area contributed by atoms with Gasteiger partial charge in [-0.15, -0.1) is 0 Å². The average molecular weight is 280 g/mol. The van der Waals surface area contributed by atoms with Crippen LogP contribution in [-0.4, -0.2) is 26.3 Å². The zero-order chi connectivity index (χ0) is 14.5. The van der Waals surface area contributed by atoms with Crippen molar-refractivity contribution < 1.29 is 9.15 Å². The van der Waals surface area contributed by atoms with E-state index >= 15 is 0 Å². The Bertz CT molecular complexity index is 662. The van der Waals surface area contributed by atoms with Crippen molar-refractivity contribution in [3.63, 3.8) is 0 Å². The maximum absolute atomic E-state index is 9.31. The minimum Gasteiger partial charge on any atom is -0.441 e. The van der Waals surface area contributed by atoms with Crippen molar-refractivity contribution in [3.05, 3.63) is 53.8 Å². The van der Waals surface area contributed by atoms with Crippen molar-refractivity contribution in [2.75, 3.05) is 31.2 Å². The second kappa shape index (κ2) is 6.29. The number of morpholine rings is 1. The number of benzene rings is 1. The van der Waals surface area contributed by atoms with Crippen LogP contribution in [0.5, 0.6) is 0 Å². The van der Waals surface area contributed by atoms with Gasteiger partial charge in [0.25, 0.3) is 0 Å². The Balaban J connectivity index is 1.82. The van der Waals surface area contributed by atoms with Crippen molar-refractivity contribution in [1.82, 2.24) is 0 Å². The molecule has 0 N–H and O–H groups in total.